The van der Waals surface area contributed by atoms with Gasteiger partial charge in [0.1, 0.15) is 0 Å². The molecule has 0 heterocycles. The number of carboxylic acid groups (broad SMARTS) is 1. The van der Waals surface area contributed by atoms with Gasteiger partial charge in [-0.15, -0.1) is 0 Å². The van der Waals surface area contributed by atoms with E-state index in [4.69, 9.17) is 9.84 Å². The molecule has 0 radical (unpaired) electrons. The summed E-state index contributed by atoms with van der Waals surface area (Å²) in [6.07, 6.45) is 0. The van der Waals surface area contributed by atoms with Crippen LogP contribution >= 0.6 is 0 Å². The van der Waals surface area contributed by atoms with Gasteiger partial charge in [-0.05, 0) is 6.92 Å². The van der Waals surface area contributed by atoms with E-state index in [1.807, 2.05) is 6.92 Å². The van der Waals surface area contributed by atoms with Crippen molar-refractivity contribution in [2.45, 2.75) is 6.92 Å². The van der Waals surface area contributed by atoms with Crippen LogP contribution in [0.15, 0.2) is 0 Å². The molecule has 7 heteroatoms. The van der Waals surface area contributed by atoms with Crippen molar-refractivity contribution in [3.63, 3.8) is 0 Å². The molecule has 0 aliphatic rings. The molecule has 0 fully saturated rings. The van der Waals surface area contributed by atoms with Crippen LogP contribution in [0.5, 0.6) is 0 Å². The maximum atomic E-state index is 10.2. The van der Waals surface area contributed by atoms with E-state index in [-0.39, 0.29) is 6.54 Å². The summed E-state index contributed by atoms with van der Waals surface area (Å²) in [4.78, 5) is 10.2. The van der Waals surface area contributed by atoms with E-state index in [0.717, 1.165) is 39.3 Å². The number of aliphatic carboxylic acids is 1. The van der Waals surface area contributed by atoms with Gasteiger partial charge in [-0.25, -0.2) is 0 Å². The third kappa shape index (κ3) is 15.3. The summed E-state index contributed by atoms with van der Waals surface area (Å²) in [6.45, 7) is 8.34. The fourth-order valence-corrected chi connectivity index (χ4v) is 1.22. The lowest BCUT2D eigenvalue weighted by Gasteiger charge is -2.08. The number of rotatable bonds is 14. The fourth-order valence-electron chi connectivity index (χ4n) is 1.22. The minimum atomic E-state index is -0.823. The summed E-state index contributed by atoms with van der Waals surface area (Å²) in [7, 11) is 0. The monoisotopic (exact) mass is 262 g/mol. The summed E-state index contributed by atoms with van der Waals surface area (Å²) in [6, 6.07) is 0. The highest BCUT2D eigenvalue weighted by Crippen LogP contribution is 1.67. The molecule has 0 atom stereocenters. The lowest BCUT2D eigenvalue weighted by molar-refractivity contribution is -0.135. The Morgan fingerprint density at radius 2 is 1.44 bits per heavy atom. The topological polar surface area (TPSA) is 94.7 Å². The predicted octanol–water partition coefficient (Wildman–Crippen LogP) is -1.58. The van der Waals surface area contributed by atoms with Gasteiger partial charge in [-0.3, -0.25) is 10.1 Å². The summed E-state index contributed by atoms with van der Waals surface area (Å²) in [5.74, 6) is -0.823. The van der Waals surface area contributed by atoms with Gasteiger partial charge in [-0.1, -0.05) is 0 Å². The van der Waals surface area contributed by atoms with E-state index in [1.54, 1.807) is 0 Å². The summed E-state index contributed by atoms with van der Waals surface area (Å²) < 4.78 is 5.13. The van der Waals surface area contributed by atoms with Crippen molar-refractivity contribution in [1.29, 1.82) is 0 Å². The van der Waals surface area contributed by atoms with Crippen LogP contribution in [0.1, 0.15) is 6.92 Å². The first-order valence-corrected chi connectivity index (χ1v) is 6.39. The Labute approximate surface area is 109 Å². The fraction of sp³-hybridized carbons (Fsp3) is 0.909. The molecule has 0 aromatic rings. The third-order valence-corrected chi connectivity index (χ3v) is 2.12. The summed E-state index contributed by atoms with van der Waals surface area (Å²) in [5, 5.41) is 20.8. The highest BCUT2D eigenvalue weighted by molar-refractivity contribution is 5.68. The molecule has 0 aliphatic carbocycles. The molecule has 108 valence electrons. The molecule has 0 aromatic heterocycles. The lowest BCUT2D eigenvalue weighted by atomic mass is 10.5. The standard InChI is InChI=1S/C11H26N4O3/c1-2-18-10-15-8-6-13-4-3-12-5-7-14-9-11(16)17/h12-15H,2-10H2,1H3,(H,16,17). The smallest absolute Gasteiger partial charge is 0.317 e. The minimum Gasteiger partial charge on any atom is -0.480 e. The zero-order valence-electron chi connectivity index (χ0n) is 11.1. The van der Waals surface area contributed by atoms with Crippen LogP contribution in [0.3, 0.4) is 0 Å². The van der Waals surface area contributed by atoms with Gasteiger partial charge in [0.25, 0.3) is 0 Å². The van der Waals surface area contributed by atoms with Crippen LogP contribution in [0.2, 0.25) is 0 Å². The van der Waals surface area contributed by atoms with Crippen molar-refractivity contribution in [3.05, 3.63) is 0 Å². The van der Waals surface area contributed by atoms with Crippen molar-refractivity contribution in [1.82, 2.24) is 21.3 Å². The molecule has 7 nitrogen and oxygen atoms in total. The zero-order valence-corrected chi connectivity index (χ0v) is 11.1. The van der Waals surface area contributed by atoms with Crippen LogP contribution in [-0.4, -0.2) is 70.2 Å². The van der Waals surface area contributed by atoms with Gasteiger partial charge >= 0.3 is 5.97 Å². The van der Waals surface area contributed by atoms with Crippen molar-refractivity contribution in [2.75, 3.05) is 59.2 Å². The van der Waals surface area contributed by atoms with Gasteiger partial charge in [-0.2, -0.15) is 0 Å². The Bertz CT molecular complexity index is 193. The number of hydrogen-bond donors (Lipinski definition) is 5. The second kappa shape index (κ2) is 14.3. The van der Waals surface area contributed by atoms with Gasteiger partial charge in [0, 0.05) is 45.9 Å². The second-order valence-corrected chi connectivity index (χ2v) is 3.71. The molecule has 0 aromatic carbocycles. The molecule has 0 amide bonds. The largest absolute Gasteiger partial charge is 0.480 e. The summed E-state index contributed by atoms with van der Waals surface area (Å²) >= 11 is 0. The molecule has 0 saturated carbocycles. The molecule has 18 heavy (non-hydrogen) atoms. The lowest BCUT2D eigenvalue weighted by Crippen LogP contribution is -2.36. The van der Waals surface area contributed by atoms with E-state index in [2.05, 4.69) is 21.3 Å². The molecular weight excluding hydrogens is 236 g/mol. The van der Waals surface area contributed by atoms with Crippen molar-refractivity contribution in [2.24, 2.45) is 0 Å². The molecule has 0 saturated heterocycles. The number of carboxylic acids is 1. The zero-order chi connectivity index (χ0) is 13.5. The van der Waals surface area contributed by atoms with E-state index in [0.29, 0.717) is 13.3 Å². The van der Waals surface area contributed by atoms with Crippen LogP contribution in [0.25, 0.3) is 0 Å². The second-order valence-electron chi connectivity index (χ2n) is 3.71. The van der Waals surface area contributed by atoms with E-state index < -0.39 is 5.97 Å². The number of carbonyl (C=O) groups is 1. The van der Waals surface area contributed by atoms with Crippen LogP contribution in [0.4, 0.5) is 0 Å². The highest BCUT2D eigenvalue weighted by Gasteiger charge is 1.93. The average molecular weight is 262 g/mol. The van der Waals surface area contributed by atoms with Gasteiger partial charge in [0.2, 0.25) is 0 Å². The maximum absolute atomic E-state index is 10.2. The van der Waals surface area contributed by atoms with Crippen molar-refractivity contribution < 1.29 is 14.6 Å². The highest BCUT2D eigenvalue weighted by atomic mass is 16.5. The molecule has 0 bridgehead atoms. The van der Waals surface area contributed by atoms with Crippen LogP contribution < -0.4 is 21.3 Å². The number of ether oxygens (including phenoxy) is 1. The number of hydrogen-bond acceptors (Lipinski definition) is 6. The van der Waals surface area contributed by atoms with Crippen LogP contribution in [-0.2, 0) is 9.53 Å². The average Bonchev–Trinajstić information content (AvgIpc) is 2.34. The SMILES string of the molecule is CCOCNCCNCCNCCNCC(=O)O. The molecule has 0 aliphatic heterocycles. The summed E-state index contributed by atoms with van der Waals surface area (Å²) in [5.41, 5.74) is 0. The third-order valence-electron chi connectivity index (χ3n) is 2.12. The number of nitrogens with one attached hydrogen (secondary N) is 4. The Kier molecular flexibility index (Phi) is 13.8. The van der Waals surface area contributed by atoms with Crippen molar-refractivity contribution in [3.8, 4) is 0 Å². The van der Waals surface area contributed by atoms with Gasteiger partial charge < -0.3 is 25.8 Å². The van der Waals surface area contributed by atoms with Crippen molar-refractivity contribution >= 4 is 5.97 Å². The predicted molar refractivity (Wildman–Crippen MR) is 70.7 cm³/mol. The van der Waals surface area contributed by atoms with Crippen LogP contribution in [0, 0.1) is 0 Å². The normalized spacial score (nSPS) is 10.7. The maximum Gasteiger partial charge on any atom is 0.317 e. The van der Waals surface area contributed by atoms with E-state index in [9.17, 15) is 4.79 Å². The minimum absolute atomic E-state index is 0.0193. The quantitative estimate of drug-likeness (QED) is 0.191. The Morgan fingerprint density at radius 3 is 1.94 bits per heavy atom. The molecule has 0 rings (SSSR count). The molecule has 0 spiro atoms. The van der Waals surface area contributed by atoms with Gasteiger partial charge in [0.15, 0.2) is 0 Å². The Hall–Kier alpha value is -0.730. The first-order valence-electron chi connectivity index (χ1n) is 6.39. The van der Waals surface area contributed by atoms with E-state index >= 15 is 0 Å². The first kappa shape index (κ1) is 17.3. The molecule has 5 N–H and O–H groups in total. The first-order chi connectivity index (χ1) is 8.77. The molecule has 0 unspecified atom stereocenters. The Morgan fingerprint density at radius 1 is 0.944 bits per heavy atom. The van der Waals surface area contributed by atoms with E-state index in [1.165, 1.54) is 0 Å². The Balaban J connectivity index is 2.92. The molecular formula is C11H26N4O3. The van der Waals surface area contributed by atoms with Gasteiger partial charge in [0.05, 0.1) is 13.3 Å².